The molecule has 4 aromatic rings. The number of nitrogens with zero attached hydrogens (tertiary/aromatic N) is 5. The lowest BCUT2D eigenvalue weighted by Gasteiger charge is -2.26. The van der Waals surface area contributed by atoms with Crippen LogP contribution in [0.25, 0.3) is 28.2 Å². The molecular formula is C22H24N6O2S. The Labute approximate surface area is 184 Å². The summed E-state index contributed by atoms with van der Waals surface area (Å²) in [4.78, 5) is 16.7. The zero-order chi connectivity index (χ0) is 21.0. The second-order valence-electron chi connectivity index (χ2n) is 7.27. The van der Waals surface area contributed by atoms with Gasteiger partial charge in [0.05, 0.1) is 26.0 Å². The smallest absolute Gasteiger partial charge is 0.170 e. The van der Waals surface area contributed by atoms with Gasteiger partial charge in [-0.25, -0.2) is 15.0 Å². The molecule has 0 unspecified atom stereocenters. The molecule has 0 amide bonds. The van der Waals surface area contributed by atoms with E-state index < -0.39 is 0 Å². The largest absolute Gasteiger partial charge is 0.497 e. The predicted octanol–water partition coefficient (Wildman–Crippen LogP) is 3.30. The first-order chi connectivity index (χ1) is 15.3. The lowest BCUT2D eigenvalue weighted by molar-refractivity contribution is 0.0398. The molecule has 8 nitrogen and oxygen atoms in total. The van der Waals surface area contributed by atoms with Gasteiger partial charge in [-0.2, -0.15) is 11.3 Å². The van der Waals surface area contributed by atoms with Crippen molar-refractivity contribution < 1.29 is 9.47 Å². The van der Waals surface area contributed by atoms with Gasteiger partial charge >= 0.3 is 0 Å². The highest BCUT2D eigenvalue weighted by Crippen LogP contribution is 2.27. The van der Waals surface area contributed by atoms with Gasteiger partial charge in [-0.15, -0.1) is 0 Å². The Kier molecular flexibility index (Phi) is 5.79. The lowest BCUT2D eigenvalue weighted by atomic mass is 10.2. The fraction of sp³-hybridized carbons (Fsp3) is 0.318. The van der Waals surface area contributed by atoms with E-state index in [0.29, 0.717) is 5.82 Å². The molecule has 3 aromatic heterocycles. The molecule has 160 valence electrons. The topological polar surface area (TPSA) is 77.3 Å². The standard InChI is InChI=1S/C22H24N6O2S/c1-29-18-4-2-16(3-5-18)20-25-21(23-7-8-27-9-11-30-12-10-27)19-22(26-20)28(15-24-19)17-6-13-31-14-17/h2-6,13-15H,7-12H2,1H3,(H,23,25,26). The molecule has 9 heteroatoms. The number of aromatic nitrogens is 4. The Morgan fingerprint density at radius 3 is 2.71 bits per heavy atom. The van der Waals surface area contributed by atoms with Gasteiger partial charge in [0, 0.05) is 37.1 Å². The van der Waals surface area contributed by atoms with Gasteiger partial charge in [0.15, 0.2) is 22.8 Å². The average Bonchev–Trinajstić information content (AvgIpc) is 3.49. The first-order valence-electron chi connectivity index (χ1n) is 10.3. The van der Waals surface area contributed by atoms with E-state index in [0.717, 1.165) is 73.4 Å². The fourth-order valence-corrected chi connectivity index (χ4v) is 4.26. The van der Waals surface area contributed by atoms with Crippen LogP contribution in [-0.2, 0) is 4.74 Å². The molecular weight excluding hydrogens is 412 g/mol. The van der Waals surface area contributed by atoms with E-state index in [-0.39, 0.29) is 0 Å². The van der Waals surface area contributed by atoms with Crippen LogP contribution < -0.4 is 10.1 Å². The van der Waals surface area contributed by atoms with Crippen LogP contribution in [0.1, 0.15) is 0 Å². The molecule has 1 saturated heterocycles. The summed E-state index contributed by atoms with van der Waals surface area (Å²) >= 11 is 1.65. The summed E-state index contributed by atoms with van der Waals surface area (Å²) in [7, 11) is 1.66. The number of nitrogens with one attached hydrogen (secondary N) is 1. The van der Waals surface area contributed by atoms with Crippen LogP contribution in [-0.4, -0.2) is 70.9 Å². The summed E-state index contributed by atoms with van der Waals surface area (Å²) in [6.07, 6.45) is 1.81. The van der Waals surface area contributed by atoms with Crippen molar-refractivity contribution in [2.24, 2.45) is 0 Å². The highest BCUT2D eigenvalue weighted by molar-refractivity contribution is 7.08. The van der Waals surface area contributed by atoms with Crippen molar-refractivity contribution in [1.82, 2.24) is 24.4 Å². The molecule has 1 fully saturated rings. The highest BCUT2D eigenvalue weighted by Gasteiger charge is 2.16. The van der Waals surface area contributed by atoms with Gasteiger partial charge in [0.1, 0.15) is 12.1 Å². The molecule has 0 atom stereocenters. The molecule has 0 saturated carbocycles. The molecule has 31 heavy (non-hydrogen) atoms. The van der Waals surface area contributed by atoms with Gasteiger partial charge in [0.25, 0.3) is 0 Å². The van der Waals surface area contributed by atoms with E-state index >= 15 is 0 Å². The maximum Gasteiger partial charge on any atom is 0.170 e. The molecule has 1 aliphatic heterocycles. The summed E-state index contributed by atoms with van der Waals surface area (Å²) in [5, 5.41) is 7.63. The van der Waals surface area contributed by atoms with Crippen LogP contribution in [0.15, 0.2) is 47.4 Å². The first-order valence-corrected chi connectivity index (χ1v) is 11.2. The summed E-state index contributed by atoms with van der Waals surface area (Å²) in [5.41, 5.74) is 3.53. The number of hydrogen-bond donors (Lipinski definition) is 1. The molecule has 1 N–H and O–H groups in total. The Bertz CT molecular complexity index is 1140. The van der Waals surface area contributed by atoms with E-state index in [1.165, 1.54) is 0 Å². The third-order valence-electron chi connectivity index (χ3n) is 5.35. The van der Waals surface area contributed by atoms with Crippen molar-refractivity contribution in [3.05, 3.63) is 47.4 Å². The normalized spacial score (nSPS) is 14.7. The van der Waals surface area contributed by atoms with Crippen LogP contribution >= 0.6 is 11.3 Å². The summed E-state index contributed by atoms with van der Waals surface area (Å²) in [5.74, 6) is 2.20. The third kappa shape index (κ3) is 4.25. The lowest BCUT2D eigenvalue weighted by Crippen LogP contribution is -2.39. The van der Waals surface area contributed by atoms with Crippen molar-refractivity contribution in [3.8, 4) is 22.8 Å². The first kappa shape index (κ1) is 19.9. The van der Waals surface area contributed by atoms with E-state index in [4.69, 9.17) is 19.4 Å². The number of benzene rings is 1. The van der Waals surface area contributed by atoms with E-state index in [1.54, 1.807) is 18.4 Å². The summed E-state index contributed by atoms with van der Waals surface area (Å²) in [6, 6.07) is 9.85. The van der Waals surface area contributed by atoms with E-state index in [9.17, 15) is 0 Å². The number of rotatable bonds is 7. The van der Waals surface area contributed by atoms with Crippen molar-refractivity contribution in [2.45, 2.75) is 0 Å². The number of anilines is 1. The number of hydrogen-bond acceptors (Lipinski definition) is 8. The van der Waals surface area contributed by atoms with Crippen LogP contribution in [0.4, 0.5) is 5.82 Å². The SMILES string of the molecule is COc1ccc(-c2nc(NCCN3CCOCC3)c3ncn(-c4ccsc4)c3n2)cc1. The molecule has 0 spiro atoms. The zero-order valence-electron chi connectivity index (χ0n) is 17.3. The second kappa shape index (κ2) is 9.01. The average molecular weight is 437 g/mol. The Balaban J connectivity index is 1.49. The van der Waals surface area contributed by atoms with Crippen LogP contribution in [0, 0.1) is 0 Å². The van der Waals surface area contributed by atoms with Gasteiger partial charge in [-0.05, 0) is 35.7 Å². The van der Waals surface area contributed by atoms with Gasteiger partial charge in [-0.1, -0.05) is 0 Å². The van der Waals surface area contributed by atoms with Crippen molar-refractivity contribution in [3.63, 3.8) is 0 Å². The number of imidazole rings is 1. The summed E-state index contributed by atoms with van der Waals surface area (Å²) < 4.78 is 12.7. The molecule has 4 heterocycles. The minimum absolute atomic E-state index is 0.654. The van der Waals surface area contributed by atoms with Crippen LogP contribution in [0.2, 0.25) is 0 Å². The number of methoxy groups -OCH3 is 1. The molecule has 1 aromatic carbocycles. The second-order valence-corrected chi connectivity index (χ2v) is 8.05. The molecule has 0 bridgehead atoms. The Morgan fingerprint density at radius 1 is 1.13 bits per heavy atom. The van der Waals surface area contributed by atoms with Gasteiger partial charge in [-0.3, -0.25) is 9.47 Å². The third-order valence-corrected chi connectivity index (χ3v) is 6.02. The van der Waals surface area contributed by atoms with Crippen molar-refractivity contribution in [1.29, 1.82) is 0 Å². The monoisotopic (exact) mass is 436 g/mol. The Hall–Kier alpha value is -3.01. The van der Waals surface area contributed by atoms with Crippen LogP contribution in [0.5, 0.6) is 5.75 Å². The van der Waals surface area contributed by atoms with Crippen LogP contribution in [0.3, 0.4) is 0 Å². The molecule has 0 radical (unpaired) electrons. The van der Waals surface area contributed by atoms with E-state index in [1.807, 2.05) is 40.5 Å². The zero-order valence-corrected chi connectivity index (χ0v) is 18.1. The summed E-state index contributed by atoms with van der Waals surface area (Å²) in [6.45, 7) is 5.22. The molecule has 5 rings (SSSR count). The van der Waals surface area contributed by atoms with Gasteiger partial charge < -0.3 is 14.8 Å². The number of fused-ring (bicyclic) bond motifs is 1. The minimum Gasteiger partial charge on any atom is -0.497 e. The predicted molar refractivity (Wildman–Crippen MR) is 122 cm³/mol. The maximum atomic E-state index is 5.44. The Morgan fingerprint density at radius 2 is 1.97 bits per heavy atom. The van der Waals surface area contributed by atoms with Gasteiger partial charge in [0.2, 0.25) is 0 Å². The molecule has 1 aliphatic rings. The molecule has 0 aliphatic carbocycles. The highest BCUT2D eigenvalue weighted by atomic mass is 32.1. The fourth-order valence-electron chi connectivity index (χ4n) is 3.63. The van der Waals surface area contributed by atoms with Crippen molar-refractivity contribution in [2.75, 3.05) is 51.8 Å². The van der Waals surface area contributed by atoms with Crippen molar-refractivity contribution >= 4 is 28.3 Å². The number of morpholine rings is 1. The minimum atomic E-state index is 0.654. The maximum absolute atomic E-state index is 5.44. The number of thiophene rings is 1. The quantitative estimate of drug-likeness (QED) is 0.476. The number of ether oxygens (including phenoxy) is 2. The van der Waals surface area contributed by atoms with E-state index in [2.05, 4.69) is 26.6 Å².